The van der Waals surface area contributed by atoms with E-state index in [0.717, 1.165) is 51.5 Å². The van der Waals surface area contributed by atoms with Gasteiger partial charge in [-0.3, -0.25) is 9.10 Å². The topological polar surface area (TPSA) is 70.2 Å². The number of hydrogen-bond acceptors (Lipinski definition) is 5. The summed E-state index contributed by atoms with van der Waals surface area (Å²) in [5.74, 6) is 1.84. The predicted octanol–water partition coefficient (Wildman–Crippen LogP) is 4.10. The van der Waals surface area contributed by atoms with Gasteiger partial charge in [0.1, 0.15) is 5.75 Å². The fourth-order valence-corrected chi connectivity index (χ4v) is 6.31. The third kappa shape index (κ3) is 5.98. The summed E-state index contributed by atoms with van der Waals surface area (Å²) in [7, 11) is -0.736. The van der Waals surface area contributed by atoms with Crippen LogP contribution in [-0.4, -0.2) is 71.0 Å². The third-order valence-electron chi connectivity index (χ3n) is 7.37. The molecule has 7 nitrogen and oxygen atoms in total. The van der Waals surface area contributed by atoms with Crippen molar-refractivity contribution in [1.29, 1.82) is 0 Å². The van der Waals surface area contributed by atoms with Gasteiger partial charge in [-0.25, -0.2) is 8.42 Å². The average Bonchev–Trinajstić information content (AvgIpc) is 2.89. The lowest BCUT2D eigenvalue weighted by Gasteiger charge is -2.38. The Labute approximate surface area is 209 Å². The van der Waals surface area contributed by atoms with Crippen LogP contribution < -0.4 is 9.04 Å². The molecule has 2 aliphatic rings. The van der Waals surface area contributed by atoms with Gasteiger partial charge in [0.25, 0.3) is 15.9 Å². The van der Waals surface area contributed by atoms with Crippen molar-refractivity contribution in [3.05, 3.63) is 54.1 Å². The highest BCUT2D eigenvalue weighted by Crippen LogP contribution is 2.26. The minimum absolute atomic E-state index is 0.0916. The van der Waals surface area contributed by atoms with E-state index in [1.165, 1.54) is 30.3 Å². The second kappa shape index (κ2) is 11.0. The van der Waals surface area contributed by atoms with Crippen LogP contribution in [0, 0.1) is 11.8 Å². The first-order chi connectivity index (χ1) is 16.8. The van der Waals surface area contributed by atoms with Crippen LogP contribution in [0.3, 0.4) is 0 Å². The van der Waals surface area contributed by atoms with E-state index in [1.807, 2.05) is 4.90 Å². The Balaban J connectivity index is 1.45. The number of piperidine rings is 2. The summed E-state index contributed by atoms with van der Waals surface area (Å²) < 4.78 is 33.0. The molecule has 2 aliphatic heterocycles. The van der Waals surface area contributed by atoms with E-state index in [1.54, 1.807) is 49.6 Å². The normalized spacial score (nSPS) is 20.0. The average molecular weight is 500 g/mol. The van der Waals surface area contributed by atoms with E-state index in [0.29, 0.717) is 22.9 Å². The van der Waals surface area contributed by atoms with Gasteiger partial charge in [-0.15, -0.1) is 0 Å². The molecule has 0 spiro atoms. The van der Waals surface area contributed by atoms with Crippen LogP contribution in [0.15, 0.2) is 53.4 Å². The Hall–Kier alpha value is -2.58. The maximum Gasteiger partial charge on any atom is 0.264 e. The van der Waals surface area contributed by atoms with Crippen molar-refractivity contribution in [3.63, 3.8) is 0 Å². The van der Waals surface area contributed by atoms with Gasteiger partial charge < -0.3 is 14.5 Å². The summed E-state index contributed by atoms with van der Waals surface area (Å²) in [5.41, 5.74) is 0.940. The van der Waals surface area contributed by atoms with Crippen molar-refractivity contribution in [2.75, 3.05) is 51.2 Å². The van der Waals surface area contributed by atoms with E-state index in [2.05, 4.69) is 11.8 Å². The number of benzene rings is 2. The Kier molecular flexibility index (Phi) is 8.02. The minimum Gasteiger partial charge on any atom is -0.497 e. The van der Waals surface area contributed by atoms with Crippen LogP contribution >= 0.6 is 0 Å². The molecule has 1 amide bonds. The lowest BCUT2D eigenvalue weighted by Crippen LogP contribution is -2.45. The molecule has 1 unspecified atom stereocenters. The summed E-state index contributed by atoms with van der Waals surface area (Å²) in [6.07, 6.45) is 4.62. The zero-order valence-corrected chi connectivity index (χ0v) is 21.8. The summed E-state index contributed by atoms with van der Waals surface area (Å²) in [6, 6.07) is 13.3. The molecule has 4 rings (SSSR count). The molecule has 0 aromatic heterocycles. The molecule has 8 heteroatoms. The first-order valence-electron chi connectivity index (χ1n) is 12.5. The molecule has 190 valence electrons. The number of hydrogen-bond donors (Lipinski definition) is 0. The maximum absolute atomic E-state index is 13.4. The van der Waals surface area contributed by atoms with Crippen LogP contribution in [0.2, 0.25) is 0 Å². The van der Waals surface area contributed by atoms with Crippen LogP contribution in [0.25, 0.3) is 0 Å². The van der Waals surface area contributed by atoms with Crippen LogP contribution in [-0.2, 0) is 10.0 Å². The highest BCUT2D eigenvalue weighted by atomic mass is 32.2. The van der Waals surface area contributed by atoms with E-state index in [4.69, 9.17) is 4.74 Å². The minimum atomic E-state index is -3.82. The summed E-state index contributed by atoms with van der Waals surface area (Å²) in [4.78, 5) is 17.9. The Morgan fingerprint density at radius 3 is 2.46 bits per heavy atom. The van der Waals surface area contributed by atoms with E-state index >= 15 is 0 Å². The molecule has 2 fully saturated rings. The Bertz CT molecular complexity index is 1110. The second-order valence-corrected chi connectivity index (χ2v) is 11.9. The highest BCUT2D eigenvalue weighted by molar-refractivity contribution is 7.92. The molecular formula is C27H37N3O4S. The van der Waals surface area contributed by atoms with E-state index < -0.39 is 10.0 Å². The van der Waals surface area contributed by atoms with E-state index in [9.17, 15) is 13.2 Å². The summed E-state index contributed by atoms with van der Waals surface area (Å²) >= 11 is 0. The zero-order chi connectivity index (χ0) is 25.0. The largest absolute Gasteiger partial charge is 0.497 e. The van der Waals surface area contributed by atoms with Gasteiger partial charge in [0.2, 0.25) is 0 Å². The molecule has 0 N–H and O–H groups in total. The van der Waals surface area contributed by atoms with Crippen molar-refractivity contribution in [1.82, 2.24) is 9.80 Å². The molecule has 0 bridgehead atoms. The number of amides is 1. The van der Waals surface area contributed by atoms with Crippen molar-refractivity contribution in [3.8, 4) is 5.75 Å². The van der Waals surface area contributed by atoms with E-state index in [-0.39, 0.29) is 10.8 Å². The molecule has 1 atom stereocenters. The van der Waals surface area contributed by atoms with Gasteiger partial charge >= 0.3 is 0 Å². The number of ether oxygens (including phenoxy) is 1. The molecule has 2 aromatic rings. The molecular weight excluding hydrogens is 462 g/mol. The summed E-state index contributed by atoms with van der Waals surface area (Å²) in [5, 5.41) is 0. The molecule has 0 radical (unpaired) electrons. The molecule has 2 aromatic carbocycles. The number of carbonyl (C=O) groups is 1. The van der Waals surface area contributed by atoms with Crippen molar-refractivity contribution in [2.45, 2.75) is 37.5 Å². The fourth-order valence-electron chi connectivity index (χ4n) is 5.07. The summed E-state index contributed by atoms with van der Waals surface area (Å²) in [6.45, 7) is 7.10. The van der Waals surface area contributed by atoms with Gasteiger partial charge in [-0.05, 0) is 93.1 Å². The smallest absolute Gasteiger partial charge is 0.264 e. The van der Waals surface area contributed by atoms with Crippen LogP contribution in [0.5, 0.6) is 5.75 Å². The van der Waals surface area contributed by atoms with Crippen LogP contribution in [0.4, 0.5) is 5.69 Å². The third-order valence-corrected chi connectivity index (χ3v) is 9.16. The Morgan fingerprint density at radius 2 is 1.77 bits per heavy atom. The number of rotatable bonds is 7. The predicted molar refractivity (Wildman–Crippen MR) is 138 cm³/mol. The second-order valence-electron chi connectivity index (χ2n) is 9.94. The van der Waals surface area contributed by atoms with Gasteiger partial charge in [0, 0.05) is 32.2 Å². The first-order valence-corrected chi connectivity index (χ1v) is 14.0. The Morgan fingerprint density at radius 1 is 1.06 bits per heavy atom. The standard InChI is InChI=1S/C27H37N3O4S/c1-21-13-16-29(17-14-21)19-22-6-5-15-30(20-22)27(31)23-7-4-8-26(18-23)35(32,33)28(2)24-9-11-25(34-3)12-10-24/h4,7-12,18,21-22H,5-6,13-17,19-20H2,1-3H3. The lowest BCUT2D eigenvalue weighted by molar-refractivity contribution is 0.0622. The maximum atomic E-state index is 13.4. The molecule has 2 saturated heterocycles. The number of methoxy groups -OCH3 is 1. The molecule has 0 aliphatic carbocycles. The number of anilines is 1. The lowest BCUT2D eigenvalue weighted by atomic mass is 9.94. The number of sulfonamides is 1. The number of nitrogens with zero attached hydrogens (tertiary/aromatic N) is 3. The van der Waals surface area contributed by atoms with Gasteiger partial charge in [-0.1, -0.05) is 13.0 Å². The van der Waals surface area contributed by atoms with Gasteiger partial charge in [0.05, 0.1) is 17.7 Å². The van der Waals surface area contributed by atoms with Crippen molar-refractivity contribution >= 4 is 21.6 Å². The highest BCUT2D eigenvalue weighted by Gasteiger charge is 2.28. The van der Waals surface area contributed by atoms with Crippen molar-refractivity contribution < 1.29 is 17.9 Å². The number of likely N-dealkylation sites (tertiary alicyclic amines) is 2. The monoisotopic (exact) mass is 499 g/mol. The zero-order valence-electron chi connectivity index (χ0n) is 21.0. The number of carbonyl (C=O) groups excluding carboxylic acids is 1. The van der Waals surface area contributed by atoms with Crippen molar-refractivity contribution in [2.24, 2.45) is 11.8 Å². The SMILES string of the molecule is COc1ccc(N(C)S(=O)(=O)c2cccc(C(=O)N3CCCC(CN4CCC(C)CC4)C3)c2)cc1. The quantitative estimate of drug-likeness (QED) is 0.574. The van der Waals surface area contributed by atoms with Gasteiger partial charge in [0.15, 0.2) is 0 Å². The molecule has 35 heavy (non-hydrogen) atoms. The molecule has 0 saturated carbocycles. The van der Waals surface area contributed by atoms with Gasteiger partial charge in [-0.2, -0.15) is 0 Å². The van der Waals surface area contributed by atoms with Crippen LogP contribution in [0.1, 0.15) is 43.0 Å². The first kappa shape index (κ1) is 25.5. The fraction of sp³-hybridized carbons (Fsp3) is 0.519. The molecule has 2 heterocycles.